The summed E-state index contributed by atoms with van der Waals surface area (Å²) in [6.45, 7) is 4.39. The van der Waals surface area contributed by atoms with Crippen LogP contribution >= 0.6 is 11.6 Å². The second-order valence-corrected chi connectivity index (χ2v) is 9.61. The van der Waals surface area contributed by atoms with Crippen LogP contribution < -0.4 is 10.1 Å². The van der Waals surface area contributed by atoms with Crippen LogP contribution in [-0.2, 0) is 26.3 Å². The molecular weight excluding hydrogens is 470 g/mol. The number of nitrogens with one attached hydrogen (secondary N) is 1. The Balaban J connectivity index is 1.29. The van der Waals surface area contributed by atoms with Crippen molar-refractivity contribution in [3.05, 3.63) is 58.6 Å². The maximum Gasteiger partial charge on any atom is 0.410 e. The van der Waals surface area contributed by atoms with Gasteiger partial charge in [0.1, 0.15) is 12.4 Å². The van der Waals surface area contributed by atoms with Gasteiger partial charge in [-0.25, -0.2) is 4.79 Å². The highest BCUT2D eigenvalue weighted by atomic mass is 35.5. The minimum atomic E-state index is -0.360. The third-order valence-corrected chi connectivity index (χ3v) is 6.89. The molecule has 1 saturated carbocycles. The maximum atomic E-state index is 12.9. The van der Waals surface area contributed by atoms with Crippen LogP contribution in [0.4, 0.5) is 10.5 Å². The number of halogens is 1. The quantitative estimate of drug-likeness (QED) is 0.517. The van der Waals surface area contributed by atoms with Crippen LogP contribution in [0.25, 0.3) is 0 Å². The SMILES string of the molecule is COCOc1cc(Cl)c(C2(C)CC2)cc1NCC(=O)N1CCN(C(=O)OCc2ccccc2)CC1. The van der Waals surface area contributed by atoms with Crippen molar-refractivity contribution in [2.75, 3.05) is 51.9 Å². The minimum absolute atomic E-state index is 0.0471. The van der Waals surface area contributed by atoms with E-state index in [2.05, 4.69) is 12.2 Å². The van der Waals surface area contributed by atoms with E-state index in [0.29, 0.717) is 42.6 Å². The molecule has 9 heteroatoms. The predicted octanol–water partition coefficient (Wildman–Crippen LogP) is 4.27. The Bertz CT molecular complexity index is 1040. The van der Waals surface area contributed by atoms with E-state index >= 15 is 0 Å². The first kappa shape index (κ1) is 25.1. The van der Waals surface area contributed by atoms with Gasteiger partial charge < -0.3 is 29.3 Å². The molecule has 2 aromatic carbocycles. The average Bonchev–Trinajstić information content (AvgIpc) is 3.63. The smallest absolute Gasteiger partial charge is 0.410 e. The van der Waals surface area contributed by atoms with Gasteiger partial charge >= 0.3 is 6.09 Å². The number of hydrogen-bond acceptors (Lipinski definition) is 6. The molecule has 188 valence electrons. The zero-order valence-electron chi connectivity index (χ0n) is 20.2. The fraction of sp³-hybridized carbons (Fsp3) is 0.462. The molecule has 0 radical (unpaired) electrons. The summed E-state index contributed by atoms with van der Waals surface area (Å²) in [6, 6.07) is 13.3. The van der Waals surface area contributed by atoms with Crippen molar-refractivity contribution in [3.63, 3.8) is 0 Å². The lowest BCUT2D eigenvalue weighted by Crippen LogP contribution is -2.51. The Morgan fingerprint density at radius 3 is 2.40 bits per heavy atom. The Morgan fingerprint density at radius 2 is 1.74 bits per heavy atom. The number of rotatable bonds is 9. The van der Waals surface area contributed by atoms with Crippen LogP contribution in [0.2, 0.25) is 5.02 Å². The molecule has 0 unspecified atom stereocenters. The molecule has 4 rings (SSSR count). The van der Waals surface area contributed by atoms with Crippen LogP contribution in [0, 0.1) is 0 Å². The summed E-state index contributed by atoms with van der Waals surface area (Å²) in [5.74, 6) is 0.498. The average molecular weight is 502 g/mol. The summed E-state index contributed by atoms with van der Waals surface area (Å²) >= 11 is 6.52. The number of nitrogens with zero attached hydrogens (tertiary/aromatic N) is 2. The monoisotopic (exact) mass is 501 g/mol. The summed E-state index contributed by atoms with van der Waals surface area (Å²) in [7, 11) is 1.55. The first-order chi connectivity index (χ1) is 16.9. The van der Waals surface area contributed by atoms with Crippen molar-refractivity contribution in [1.82, 2.24) is 9.80 Å². The van der Waals surface area contributed by atoms with Gasteiger partial charge in [-0.05, 0) is 35.4 Å². The lowest BCUT2D eigenvalue weighted by atomic mass is 9.97. The van der Waals surface area contributed by atoms with Gasteiger partial charge in [0.15, 0.2) is 6.79 Å². The van der Waals surface area contributed by atoms with E-state index in [4.69, 9.17) is 25.8 Å². The number of hydrogen-bond donors (Lipinski definition) is 1. The highest BCUT2D eigenvalue weighted by Gasteiger charge is 2.41. The van der Waals surface area contributed by atoms with Gasteiger partial charge in [0.25, 0.3) is 0 Å². The number of ether oxygens (including phenoxy) is 3. The molecule has 0 atom stereocenters. The van der Waals surface area contributed by atoms with Crippen LogP contribution in [0.1, 0.15) is 30.9 Å². The number of carbonyl (C=O) groups is 2. The molecule has 1 saturated heterocycles. The number of amides is 2. The number of anilines is 1. The Labute approximate surface area is 211 Å². The second kappa shape index (κ2) is 11.2. The number of carbonyl (C=O) groups excluding carboxylic acids is 2. The Morgan fingerprint density at radius 1 is 1.06 bits per heavy atom. The molecule has 1 N–H and O–H groups in total. The topological polar surface area (TPSA) is 80.3 Å². The van der Waals surface area contributed by atoms with Gasteiger partial charge in [0.05, 0.1) is 12.2 Å². The molecule has 0 aromatic heterocycles. The van der Waals surface area contributed by atoms with Gasteiger partial charge in [-0.2, -0.15) is 0 Å². The Hall–Kier alpha value is -2.97. The van der Waals surface area contributed by atoms with Crippen molar-refractivity contribution in [2.24, 2.45) is 0 Å². The largest absolute Gasteiger partial charge is 0.465 e. The van der Waals surface area contributed by atoms with E-state index in [1.165, 1.54) is 0 Å². The summed E-state index contributed by atoms with van der Waals surface area (Å²) in [4.78, 5) is 28.7. The summed E-state index contributed by atoms with van der Waals surface area (Å²) < 4.78 is 16.1. The standard InChI is InChI=1S/C26H32ClN3O5/c1-26(8-9-26)20-14-22(23(15-21(20)27)35-18-33-2)28-16-24(31)29-10-12-30(13-11-29)25(32)34-17-19-6-4-3-5-7-19/h3-7,14-15,28H,8-13,16-18H2,1-2H3. The molecule has 35 heavy (non-hydrogen) atoms. The van der Waals surface area contributed by atoms with Crippen molar-refractivity contribution in [3.8, 4) is 5.75 Å². The van der Waals surface area contributed by atoms with Crippen molar-refractivity contribution in [2.45, 2.75) is 31.8 Å². The van der Waals surface area contributed by atoms with Crippen molar-refractivity contribution in [1.29, 1.82) is 0 Å². The molecule has 0 spiro atoms. The van der Waals surface area contributed by atoms with Gasteiger partial charge in [-0.3, -0.25) is 4.79 Å². The summed E-state index contributed by atoms with van der Waals surface area (Å²) in [5, 5.41) is 3.88. The molecule has 8 nitrogen and oxygen atoms in total. The summed E-state index contributed by atoms with van der Waals surface area (Å²) in [5.41, 5.74) is 2.78. The molecule has 2 amide bonds. The zero-order chi connectivity index (χ0) is 24.8. The molecule has 2 aromatic rings. The second-order valence-electron chi connectivity index (χ2n) is 9.20. The van der Waals surface area contributed by atoms with Crippen LogP contribution in [-0.4, -0.2) is 68.4 Å². The van der Waals surface area contributed by atoms with Crippen molar-refractivity contribution >= 4 is 29.3 Å². The van der Waals surface area contributed by atoms with Gasteiger partial charge in [-0.1, -0.05) is 48.9 Å². The molecule has 0 bridgehead atoms. The molecule has 1 aliphatic heterocycles. The van der Waals surface area contributed by atoms with Crippen molar-refractivity contribution < 1.29 is 23.8 Å². The zero-order valence-corrected chi connectivity index (χ0v) is 21.0. The highest BCUT2D eigenvalue weighted by Crippen LogP contribution is 2.51. The van der Waals surface area contributed by atoms with Crippen LogP contribution in [0.3, 0.4) is 0 Å². The number of piperazine rings is 1. The van der Waals surface area contributed by atoms with Gasteiger partial charge in [0.2, 0.25) is 5.91 Å². The predicted molar refractivity (Wildman–Crippen MR) is 134 cm³/mol. The van der Waals surface area contributed by atoms with E-state index in [1.54, 1.807) is 23.0 Å². The fourth-order valence-corrected chi connectivity index (χ4v) is 4.47. The molecule has 2 fully saturated rings. The third-order valence-electron chi connectivity index (χ3n) is 6.58. The lowest BCUT2D eigenvalue weighted by Gasteiger charge is -2.34. The molecular formula is C26H32ClN3O5. The van der Waals surface area contributed by atoms with Gasteiger partial charge in [-0.15, -0.1) is 0 Å². The molecule has 1 aliphatic carbocycles. The Kier molecular flexibility index (Phi) is 8.03. The van der Waals surface area contributed by atoms with Crippen LogP contribution in [0.5, 0.6) is 5.75 Å². The van der Waals surface area contributed by atoms with E-state index in [0.717, 1.165) is 24.0 Å². The first-order valence-electron chi connectivity index (χ1n) is 11.8. The molecule has 2 aliphatic rings. The molecule has 1 heterocycles. The normalized spacial score (nSPS) is 16.5. The van der Waals surface area contributed by atoms with Gasteiger partial charge in [0, 0.05) is 44.4 Å². The van der Waals surface area contributed by atoms with E-state index in [-0.39, 0.29) is 37.4 Å². The third kappa shape index (κ3) is 6.38. The highest BCUT2D eigenvalue weighted by molar-refractivity contribution is 6.31. The van der Waals surface area contributed by atoms with E-state index in [9.17, 15) is 9.59 Å². The number of benzene rings is 2. The first-order valence-corrected chi connectivity index (χ1v) is 12.2. The van der Waals surface area contributed by atoms with E-state index < -0.39 is 0 Å². The number of methoxy groups -OCH3 is 1. The minimum Gasteiger partial charge on any atom is -0.465 e. The van der Waals surface area contributed by atoms with Crippen LogP contribution in [0.15, 0.2) is 42.5 Å². The lowest BCUT2D eigenvalue weighted by molar-refractivity contribution is -0.130. The maximum absolute atomic E-state index is 12.9. The van der Waals surface area contributed by atoms with E-state index in [1.807, 2.05) is 36.4 Å². The summed E-state index contributed by atoms with van der Waals surface area (Å²) in [6.07, 6.45) is 1.81. The fourth-order valence-electron chi connectivity index (χ4n) is 4.09.